The van der Waals surface area contributed by atoms with Crippen molar-refractivity contribution in [1.82, 2.24) is 15.3 Å². The van der Waals surface area contributed by atoms with E-state index in [1.165, 1.54) is 4.88 Å². The Kier molecular flexibility index (Phi) is 5.80. The van der Waals surface area contributed by atoms with Gasteiger partial charge in [0.1, 0.15) is 23.4 Å². The Morgan fingerprint density at radius 2 is 2.14 bits per heavy atom. The minimum atomic E-state index is -1.12. The number of aryl methyl sites for hydroxylation is 1. The molecule has 2 aromatic rings. The molecule has 2 aromatic heterocycles. The van der Waals surface area contributed by atoms with Gasteiger partial charge in [0.05, 0.1) is 5.39 Å². The number of carbonyl (C=O) groups is 1. The van der Waals surface area contributed by atoms with Gasteiger partial charge in [0.2, 0.25) is 11.8 Å². The van der Waals surface area contributed by atoms with Gasteiger partial charge >= 0.3 is 0 Å². The number of primary amides is 1. The lowest BCUT2D eigenvalue weighted by Crippen LogP contribution is -2.36. The number of hydrogen-bond acceptors (Lipinski definition) is 7. The number of nitrogens with two attached hydrogens (primary N) is 1. The minimum Gasteiger partial charge on any atom is -0.474 e. The van der Waals surface area contributed by atoms with E-state index in [0.717, 1.165) is 60.8 Å². The molecule has 2 heterocycles. The molecule has 2 aliphatic carbocycles. The third-order valence-electron chi connectivity index (χ3n) is 5.98. The van der Waals surface area contributed by atoms with Crippen molar-refractivity contribution in [1.29, 1.82) is 0 Å². The summed E-state index contributed by atoms with van der Waals surface area (Å²) in [5, 5.41) is 14.5. The van der Waals surface area contributed by atoms with Gasteiger partial charge in [0, 0.05) is 10.9 Å². The zero-order valence-electron chi connectivity index (χ0n) is 16.2. The van der Waals surface area contributed by atoms with Gasteiger partial charge in [-0.05, 0) is 63.0 Å². The second-order valence-corrected chi connectivity index (χ2v) is 8.92. The van der Waals surface area contributed by atoms with Gasteiger partial charge in [-0.15, -0.1) is 11.3 Å². The van der Waals surface area contributed by atoms with Gasteiger partial charge in [0.15, 0.2) is 0 Å². The van der Waals surface area contributed by atoms with Crippen LogP contribution >= 0.6 is 11.3 Å². The minimum absolute atomic E-state index is 0.0871. The quantitative estimate of drug-likeness (QED) is 0.653. The lowest BCUT2D eigenvalue weighted by atomic mass is 9.92. The lowest BCUT2D eigenvalue weighted by Gasteiger charge is -2.29. The molecule has 0 saturated heterocycles. The molecule has 4 rings (SSSR count). The summed E-state index contributed by atoms with van der Waals surface area (Å²) in [6.45, 7) is 3.14. The summed E-state index contributed by atoms with van der Waals surface area (Å²) in [5.41, 5.74) is 6.42. The van der Waals surface area contributed by atoms with Gasteiger partial charge in [-0.2, -0.15) is 0 Å². The van der Waals surface area contributed by atoms with Crippen molar-refractivity contribution in [2.75, 3.05) is 6.54 Å². The maximum atomic E-state index is 11.3. The largest absolute Gasteiger partial charge is 0.474 e. The summed E-state index contributed by atoms with van der Waals surface area (Å²) in [6.07, 6.45) is 7.05. The molecule has 1 saturated carbocycles. The highest BCUT2D eigenvalue weighted by atomic mass is 32.1. The number of hydrogen-bond donors (Lipinski definition) is 3. The molecule has 1 fully saturated rings. The van der Waals surface area contributed by atoms with Crippen molar-refractivity contribution in [3.05, 3.63) is 16.8 Å². The Balaban J connectivity index is 1.56. The first-order valence-electron chi connectivity index (χ1n) is 10.2. The van der Waals surface area contributed by atoms with Gasteiger partial charge < -0.3 is 20.9 Å². The molecule has 2 atom stereocenters. The molecule has 0 spiro atoms. The van der Waals surface area contributed by atoms with Crippen LogP contribution in [-0.2, 0) is 11.2 Å². The number of nitrogens with one attached hydrogen (secondary N) is 1. The Morgan fingerprint density at radius 3 is 2.86 bits per heavy atom. The van der Waals surface area contributed by atoms with Gasteiger partial charge in [-0.25, -0.2) is 9.97 Å². The van der Waals surface area contributed by atoms with E-state index in [4.69, 9.17) is 10.5 Å². The van der Waals surface area contributed by atoms with E-state index in [-0.39, 0.29) is 12.0 Å². The molecule has 4 N–H and O–H groups in total. The van der Waals surface area contributed by atoms with E-state index < -0.39 is 12.0 Å². The van der Waals surface area contributed by atoms with Crippen LogP contribution in [0.4, 0.5) is 0 Å². The number of aliphatic hydroxyl groups excluding tert-OH is 1. The van der Waals surface area contributed by atoms with E-state index in [0.29, 0.717) is 18.3 Å². The van der Waals surface area contributed by atoms with Crippen molar-refractivity contribution in [3.8, 4) is 5.88 Å². The molecule has 0 aromatic carbocycles. The average molecular weight is 405 g/mol. The maximum Gasteiger partial charge on any atom is 0.246 e. The van der Waals surface area contributed by atoms with Crippen molar-refractivity contribution in [3.63, 3.8) is 0 Å². The normalized spacial score (nSPS) is 25.6. The van der Waals surface area contributed by atoms with Crippen LogP contribution in [0.15, 0.2) is 6.33 Å². The lowest BCUT2D eigenvalue weighted by molar-refractivity contribution is -0.126. The monoisotopic (exact) mass is 404 g/mol. The van der Waals surface area contributed by atoms with Crippen LogP contribution in [0, 0.1) is 0 Å². The molecule has 0 aliphatic heterocycles. The Bertz CT molecular complexity index is 847. The Hall–Kier alpha value is -1.77. The molecular formula is C20H28N4O3S. The first kappa shape index (κ1) is 19.5. The van der Waals surface area contributed by atoms with Crippen LogP contribution < -0.4 is 15.8 Å². The molecule has 2 aliphatic rings. The number of fused-ring (bicyclic) bond motifs is 3. The summed E-state index contributed by atoms with van der Waals surface area (Å²) in [5.74, 6) is 0.0668. The number of nitrogens with zero attached hydrogens (tertiary/aromatic N) is 2. The van der Waals surface area contributed by atoms with Gasteiger partial charge in [0.25, 0.3) is 0 Å². The molecular weight excluding hydrogens is 376 g/mol. The third kappa shape index (κ3) is 3.86. The molecule has 28 heavy (non-hydrogen) atoms. The Morgan fingerprint density at radius 1 is 1.36 bits per heavy atom. The smallest absolute Gasteiger partial charge is 0.246 e. The molecule has 0 radical (unpaired) electrons. The van der Waals surface area contributed by atoms with Crippen LogP contribution in [0.1, 0.15) is 61.8 Å². The fourth-order valence-electron chi connectivity index (χ4n) is 4.58. The topological polar surface area (TPSA) is 110 Å². The van der Waals surface area contributed by atoms with E-state index in [1.807, 2.05) is 0 Å². The SMILES string of the molecule is CCN[C@H]1CC[C@H](Oc2ncnc3sc4c(c23)[C@@H](C[C@@H](O)C(N)=O)CC4)CC1. The van der Waals surface area contributed by atoms with E-state index in [9.17, 15) is 9.90 Å². The van der Waals surface area contributed by atoms with Crippen LogP contribution in [-0.4, -0.2) is 45.8 Å². The average Bonchev–Trinajstić information content (AvgIpc) is 3.23. The highest BCUT2D eigenvalue weighted by Gasteiger charge is 2.33. The Labute approximate surface area is 168 Å². The molecule has 0 bridgehead atoms. The summed E-state index contributed by atoms with van der Waals surface area (Å²) in [7, 11) is 0. The highest BCUT2D eigenvalue weighted by molar-refractivity contribution is 7.19. The first-order valence-corrected chi connectivity index (χ1v) is 11.0. The zero-order valence-corrected chi connectivity index (χ0v) is 17.0. The fourth-order valence-corrected chi connectivity index (χ4v) is 5.81. The maximum absolute atomic E-state index is 11.3. The number of carbonyl (C=O) groups excluding carboxylic acids is 1. The van der Waals surface area contributed by atoms with Crippen molar-refractivity contribution >= 4 is 27.5 Å². The molecule has 152 valence electrons. The van der Waals surface area contributed by atoms with Crippen molar-refractivity contribution in [2.24, 2.45) is 5.73 Å². The third-order valence-corrected chi connectivity index (χ3v) is 7.15. The molecule has 7 nitrogen and oxygen atoms in total. The number of amides is 1. The van der Waals surface area contributed by atoms with E-state index >= 15 is 0 Å². The number of rotatable bonds is 7. The van der Waals surface area contributed by atoms with Crippen molar-refractivity contribution in [2.45, 2.75) is 76.0 Å². The van der Waals surface area contributed by atoms with Gasteiger partial charge in [-0.3, -0.25) is 4.79 Å². The molecule has 0 unspecified atom stereocenters. The zero-order chi connectivity index (χ0) is 19.7. The molecule has 1 amide bonds. The summed E-state index contributed by atoms with van der Waals surface area (Å²) < 4.78 is 6.35. The predicted molar refractivity (Wildman–Crippen MR) is 109 cm³/mol. The standard InChI is InChI=1S/C20H28N4O3S/c1-2-22-12-4-6-13(7-5-12)27-19-17-16-11(9-14(25)18(21)26)3-8-15(16)28-20(17)24-10-23-19/h10-14,22,25H,2-9H2,1H3,(H2,21,26)/t11-,12-,13-,14-/m1/s1. The van der Waals surface area contributed by atoms with Crippen LogP contribution in [0.2, 0.25) is 0 Å². The second-order valence-electron chi connectivity index (χ2n) is 7.84. The highest BCUT2D eigenvalue weighted by Crippen LogP contribution is 2.47. The number of ether oxygens (including phenoxy) is 1. The van der Waals surface area contributed by atoms with E-state index in [1.54, 1.807) is 17.7 Å². The van der Waals surface area contributed by atoms with Crippen molar-refractivity contribution < 1.29 is 14.6 Å². The number of aromatic nitrogens is 2. The molecule has 8 heteroatoms. The van der Waals surface area contributed by atoms with E-state index in [2.05, 4.69) is 22.2 Å². The summed E-state index contributed by atoms with van der Waals surface area (Å²) in [4.78, 5) is 22.4. The van der Waals surface area contributed by atoms with Gasteiger partial charge in [-0.1, -0.05) is 6.92 Å². The number of thiophene rings is 1. The fraction of sp³-hybridized carbons (Fsp3) is 0.650. The van der Waals surface area contributed by atoms with Crippen LogP contribution in [0.5, 0.6) is 5.88 Å². The number of aliphatic hydroxyl groups is 1. The summed E-state index contributed by atoms with van der Waals surface area (Å²) >= 11 is 1.67. The predicted octanol–water partition coefficient (Wildman–Crippen LogP) is 2.26. The van der Waals surface area contributed by atoms with Crippen LogP contribution in [0.3, 0.4) is 0 Å². The second kappa shape index (κ2) is 8.31. The van der Waals surface area contributed by atoms with Crippen LogP contribution in [0.25, 0.3) is 10.2 Å². The summed E-state index contributed by atoms with van der Waals surface area (Å²) in [6, 6.07) is 0.584. The first-order chi connectivity index (χ1) is 13.6.